The third kappa shape index (κ3) is 4.81. The first kappa shape index (κ1) is 19.7. The second kappa shape index (κ2) is 8.75. The van der Waals surface area contributed by atoms with Crippen molar-refractivity contribution < 1.29 is 23.6 Å². The van der Waals surface area contributed by atoms with Crippen molar-refractivity contribution in [3.8, 4) is 5.75 Å². The largest absolute Gasteiger partial charge is 0.469 e. The van der Waals surface area contributed by atoms with E-state index in [4.69, 9.17) is 4.74 Å². The van der Waals surface area contributed by atoms with E-state index in [1.165, 1.54) is 36.4 Å². The third-order valence-electron chi connectivity index (χ3n) is 4.01. The summed E-state index contributed by atoms with van der Waals surface area (Å²) >= 11 is 0. The molecule has 0 saturated heterocycles. The first-order chi connectivity index (χ1) is 14.0. The van der Waals surface area contributed by atoms with Crippen LogP contribution in [0, 0.1) is 15.9 Å². The van der Waals surface area contributed by atoms with Crippen LogP contribution in [-0.4, -0.2) is 17.1 Å². The highest BCUT2D eigenvalue weighted by atomic mass is 19.1. The number of ether oxygens (including phenoxy) is 1. The first-order valence-electron chi connectivity index (χ1n) is 8.49. The molecule has 0 spiro atoms. The van der Waals surface area contributed by atoms with Crippen LogP contribution in [0.25, 0.3) is 0 Å². The van der Waals surface area contributed by atoms with E-state index >= 15 is 0 Å². The van der Waals surface area contributed by atoms with Crippen LogP contribution < -0.4 is 10.1 Å². The van der Waals surface area contributed by atoms with Gasteiger partial charge in [0.1, 0.15) is 12.1 Å². The Hall–Kier alpha value is -4.07. The number of nitro groups is 1. The average molecular weight is 394 g/mol. The number of nitrogens with one attached hydrogen (secondary N) is 1. The highest BCUT2D eigenvalue weighted by Crippen LogP contribution is 2.32. The molecule has 0 radical (unpaired) electrons. The average Bonchev–Trinajstić information content (AvgIpc) is 2.74. The summed E-state index contributed by atoms with van der Waals surface area (Å²) in [6.07, 6.45) is -0.741. The van der Waals surface area contributed by atoms with Crippen LogP contribution in [0.2, 0.25) is 0 Å². The van der Waals surface area contributed by atoms with E-state index in [9.17, 15) is 24.1 Å². The summed E-state index contributed by atoms with van der Waals surface area (Å²) in [6, 6.07) is 17.3. The Morgan fingerprint density at radius 3 is 2.38 bits per heavy atom. The lowest BCUT2D eigenvalue weighted by molar-refractivity contribution is -0.386. The van der Waals surface area contributed by atoms with E-state index in [-0.39, 0.29) is 11.3 Å². The molecule has 3 aromatic rings. The van der Waals surface area contributed by atoms with Crippen molar-refractivity contribution in [1.82, 2.24) is 0 Å². The Bertz CT molecular complexity index is 1040. The van der Waals surface area contributed by atoms with Gasteiger partial charge in [-0.2, -0.15) is 0 Å². The van der Waals surface area contributed by atoms with E-state index in [1.807, 2.05) is 0 Å². The number of hydrogen-bond acceptors (Lipinski definition) is 5. The Labute approximate surface area is 164 Å². The van der Waals surface area contributed by atoms with Crippen molar-refractivity contribution in [2.45, 2.75) is 6.10 Å². The molecule has 146 valence electrons. The van der Waals surface area contributed by atoms with Crippen LogP contribution >= 0.6 is 0 Å². The highest BCUT2D eigenvalue weighted by molar-refractivity contribution is 5.95. The number of aldehydes is 1. The van der Waals surface area contributed by atoms with Crippen LogP contribution in [0.5, 0.6) is 5.75 Å². The molecule has 0 aliphatic heterocycles. The van der Waals surface area contributed by atoms with Crippen LogP contribution in [0.4, 0.5) is 15.8 Å². The van der Waals surface area contributed by atoms with Gasteiger partial charge in [-0.25, -0.2) is 4.39 Å². The topological polar surface area (TPSA) is 98.5 Å². The number of amides is 1. The third-order valence-corrected chi connectivity index (χ3v) is 4.01. The lowest BCUT2D eigenvalue weighted by Gasteiger charge is -2.19. The zero-order valence-corrected chi connectivity index (χ0v) is 14.9. The number of nitro benzene ring substituents is 1. The monoisotopic (exact) mass is 394 g/mol. The van der Waals surface area contributed by atoms with Crippen molar-refractivity contribution >= 4 is 23.6 Å². The van der Waals surface area contributed by atoms with Gasteiger partial charge in [-0.05, 0) is 36.4 Å². The van der Waals surface area contributed by atoms with Crippen LogP contribution in [0.15, 0.2) is 72.8 Å². The molecule has 0 fully saturated rings. The van der Waals surface area contributed by atoms with E-state index in [0.29, 0.717) is 17.5 Å². The molecule has 3 aromatic carbocycles. The minimum Gasteiger partial charge on any atom is -0.469 e. The summed E-state index contributed by atoms with van der Waals surface area (Å²) in [6.45, 7) is 0. The summed E-state index contributed by atoms with van der Waals surface area (Å²) in [5.74, 6) is -1.22. The molecule has 1 amide bonds. The smallest absolute Gasteiger partial charge is 0.311 e. The molecule has 8 heteroatoms. The molecule has 0 aliphatic carbocycles. The Balaban J connectivity index is 1.94. The molecule has 1 atom stereocenters. The Morgan fingerprint density at radius 1 is 1.07 bits per heavy atom. The minimum atomic E-state index is -1.22. The Morgan fingerprint density at radius 2 is 1.76 bits per heavy atom. The molecular weight excluding hydrogens is 379 g/mol. The quantitative estimate of drug-likeness (QED) is 0.366. The van der Waals surface area contributed by atoms with Gasteiger partial charge < -0.3 is 10.1 Å². The SMILES string of the molecule is O=Cc1ccc(O[C@@H](C(=O)Nc2ccc(F)cc2)c2ccccc2)c([N+](=O)[O-])c1. The van der Waals surface area contributed by atoms with Crippen LogP contribution in [0.3, 0.4) is 0 Å². The summed E-state index contributed by atoms with van der Waals surface area (Å²) < 4.78 is 18.8. The lowest BCUT2D eigenvalue weighted by atomic mass is 10.1. The molecule has 0 aliphatic rings. The molecule has 1 N–H and O–H groups in total. The zero-order valence-electron chi connectivity index (χ0n) is 14.9. The van der Waals surface area contributed by atoms with Gasteiger partial charge in [0.25, 0.3) is 5.91 Å². The van der Waals surface area contributed by atoms with Gasteiger partial charge >= 0.3 is 5.69 Å². The van der Waals surface area contributed by atoms with E-state index < -0.39 is 28.4 Å². The van der Waals surface area contributed by atoms with Gasteiger partial charge in [-0.15, -0.1) is 0 Å². The van der Waals surface area contributed by atoms with Gasteiger partial charge in [0, 0.05) is 22.9 Å². The first-order valence-corrected chi connectivity index (χ1v) is 8.49. The predicted octanol–water partition coefficient (Wildman–Crippen LogP) is 4.31. The lowest BCUT2D eigenvalue weighted by Crippen LogP contribution is -2.26. The van der Waals surface area contributed by atoms with Gasteiger partial charge in [-0.3, -0.25) is 19.7 Å². The van der Waals surface area contributed by atoms with Gasteiger partial charge in [-0.1, -0.05) is 30.3 Å². The molecule has 0 aromatic heterocycles. The van der Waals surface area contributed by atoms with Crippen molar-refractivity contribution in [3.05, 3.63) is 99.9 Å². The molecular formula is C21H15FN2O5. The van der Waals surface area contributed by atoms with Gasteiger partial charge in [0.2, 0.25) is 6.10 Å². The summed E-state index contributed by atoms with van der Waals surface area (Å²) in [5.41, 5.74) is 0.466. The molecule has 0 unspecified atom stereocenters. The Kier molecular flexibility index (Phi) is 5.94. The van der Waals surface area contributed by atoms with E-state index in [2.05, 4.69) is 5.32 Å². The number of halogens is 1. The molecule has 3 rings (SSSR count). The standard InChI is InChI=1S/C21H15FN2O5/c22-16-7-9-17(10-8-16)23-21(26)20(15-4-2-1-3-5-15)29-19-11-6-14(13-25)12-18(19)24(27)28/h1-13,20H,(H,23,26)/t20-/m1/s1. The fourth-order valence-corrected chi connectivity index (χ4v) is 2.62. The summed E-state index contributed by atoms with van der Waals surface area (Å²) in [7, 11) is 0. The fourth-order valence-electron chi connectivity index (χ4n) is 2.62. The zero-order chi connectivity index (χ0) is 20.8. The maximum Gasteiger partial charge on any atom is 0.311 e. The second-order valence-corrected chi connectivity index (χ2v) is 6.01. The maximum atomic E-state index is 13.1. The van der Waals surface area contributed by atoms with E-state index in [1.54, 1.807) is 30.3 Å². The van der Waals surface area contributed by atoms with Crippen molar-refractivity contribution in [1.29, 1.82) is 0 Å². The molecule has 0 bridgehead atoms. The van der Waals surface area contributed by atoms with E-state index in [0.717, 1.165) is 6.07 Å². The second-order valence-electron chi connectivity index (χ2n) is 6.01. The summed E-state index contributed by atoms with van der Waals surface area (Å²) in [5, 5.41) is 14.0. The van der Waals surface area contributed by atoms with Gasteiger partial charge in [0.15, 0.2) is 5.75 Å². The molecule has 7 nitrogen and oxygen atoms in total. The minimum absolute atomic E-state index is 0.107. The van der Waals surface area contributed by atoms with Gasteiger partial charge in [0.05, 0.1) is 4.92 Å². The molecule has 0 heterocycles. The van der Waals surface area contributed by atoms with Crippen molar-refractivity contribution in [2.75, 3.05) is 5.32 Å². The fraction of sp³-hybridized carbons (Fsp3) is 0.0476. The number of anilines is 1. The summed E-state index contributed by atoms with van der Waals surface area (Å²) in [4.78, 5) is 34.5. The molecule has 0 saturated carbocycles. The van der Waals surface area contributed by atoms with Crippen LogP contribution in [-0.2, 0) is 4.79 Å². The number of carbonyl (C=O) groups excluding carboxylic acids is 2. The predicted molar refractivity (Wildman–Crippen MR) is 103 cm³/mol. The van der Waals surface area contributed by atoms with Crippen molar-refractivity contribution in [3.63, 3.8) is 0 Å². The van der Waals surface area contributed by atoms with Crippen molar-refractivity contribution in [2.24, 2.45) is 0 Å². The number of nitrogens with zero attached hydrogens (tertiary/aromatic N) is 1. The number of hydrogen-bond donors (Lipinski definition) is 1. The number of rotatable bonds is 7. The normalized spacial score (nSPS) is 11.3. The number of benzene rings is 3. The number of carbonyl (C=O) groups is 2. The maximum absolute atomic E-state index is 13.1. The highest BCUT2D eigenvalue weighted by Gasteiger charge is 2.27. The molecule has 29 heavy (non-hydrogen) atoms. The van der Waals surface area contributed by atoms with Crippen LogP contribution in [0.1, 0.15) is 22.0 Å².